The van der Waals surface area contributed by atoms with Crippen molar-refractivity contribution >= 4 is 22.1 Å². The van der Waals surface area contributed by atoms with Gasteiger partial charge in [0.2, 0.25) is 0 Å². The van der Waals surface area contributed by atoms with E-state index in [1.54, 1.807) is 0 Å². The first-order chi connectivity index (χ1) is 11.7. The Bertz CT molecular complexity index is 939. The van der Waals surface area contributed by atoms with E-state index in [1.807, 2.05) is 12.1 Å². The SMILES string of the molecule is CN1CCN(c2ccc3ccccc3c2)c2cc(C#N)ccc2C1. The van der Waals surface area contributed by atoms with Crippen LogP contribution in [0.3, 0.4) is 0 Å². The van der Waals surface area contributed by atoms with Gasteiger partial charge >= 0.3 is 0 Å². The molecule has 0 saturated heterocycles. The zero-order valence-corrected chi connectivity index (χ0v) is 13.7. The molecule has 118 valence electrons. The van der Waals surface area contributed by atoms with Crippen LogP contribution >= 0.6 is 0 Å². The summed E-state index contributed by atoms with van der Waals surface area (Å²) in [7, 11) is 2.14. The molecule has 3 nitrogen and oxygen atoms in total. The zero-order chi connectivity index (χ0) is 16.5. The highest BCUT2D eigenvalue weighted by atomic mass is 15.2. The number of benzene rings is 3. The molecule has 0 unspecified atom stereocenters. The highest BCUT2D eigenvalue weighted by molar-refractivity contribution is 5.87. The van der Waals surface area contributed by atoms with Crippen molar-refractivity contribution in [1.82, 2.24) is 4.90 Å². The van der Waals surface area contributed by atoms with E-state index in [4.69, 9.17) is 0 Å². The summed E-state index contributed by atoms with van der Waals surface area (Å²) in [4.78, 5) is 4.66. The zero-order valence-electron chi connectivity index (χ0n) is 13.7. The molecule has 0 spiro atoms. The summed E-state index contributed by atoms with van der Waals surface area (Å²) in [5.74, 6) is 0. The first kappa shape index (κ1) is 14.7. The second-order valence-corrected chi connectivity index (χ2v) is 6.38. The predicted molar refractivity (Wildman–Crippen MR) is 98.4 cm³/mol. The van der Waals surface area contributed by atoms with Crippen molar-refractivity contribution < 1.29 is 0 Å². The molecule has 4 rings (SSSR count). The van der Waals surface area contributed by atoms with Gasteiger partial charge in [-0.05, 0) is 47.6 Å². The van der Waals surface area contributed by atoms with E-state index in [-0.39, 0.29) is 0 Å². The summed E-state index contributed by atoms with van der Waals surface area (Å²) in [6, 6.07) is 23.3. The van der Waals surface area contributed by atoms with E-state index in [0.717, 1.165) is 25.3 Å². The topological polar surface area (TPSA) is 30.3 Å². The molecule has 0 N–H and O–H groups in total. The fourth-order valence-electron chi connectivity index (χ4n) is 3.39. The Morgan fingerprint density at radius 3 is 2.58 bits per heavy atom. The Balaban J connectivity index is 1.86. The first-order valence-corrected chi connectivity index (χ1v) is 8.22. The van der Waals surface area contributed by atoms with Crippen LogP contribution in [0.15, 0.2) is 60.7 Å². The van der Waals surface area contributed by atoms with Crippen LogP contribution in [-0.2, 0) is 6.54 Å². The number of rotatable bonds is 1. The predicted octanol–water partition coefficient (Wildman–Crippen LogP) is 4.29. The molecule has 1 aliphatic rings. The van der Waals surface area contributed by atoms with Crippen LogP contribution in [0.1, 0.15) is 11.1 Å². The third-order valence-electron chi connectivity index (χ3n) is 4.70. The lowest BCUT2D eigenvalue weighted by Crippen LogP contribution is -2.26. The third kappa shape index (κ3) is 2.62. The van der Waals surface area contributed by atoms with Crippen molar-refractivity contribution in [3.8, 4) is 6.07 Å². The van der Waals surface area contributed by atoms with Gasteiger partial charge in [0, 0.05) is 31.0 Å². The molecule has 0 saturated carbocycles. The second-order valence-electron chi connectivity index (χ2n) is 6.38. The van der Waals surface area contributed by atoms with Crippen LogP contribution < -0.4 is 4.90 Å². The van der Waals surface area contributed by atoms with Crippen molar-refractivity contribution in [2.24, 2.45) is 0 Å². The molecule has 0 aliphatic carbocycles. The van der Waals surface area contributed by atoms with Gasteiger partial charge in [-0.1, -0.05) is 36.4 Å². The quantitative estimate of drug-likeness (QED) is 0.671. The van der Waals surface area contributed by atoms with Crippen LogP contribution in [0.25, 0.3) is 10.8 Å². The van der Waals surface area contributed by atoms with Crippen LogP contribution in [-0.4, -0.2) is 25.0 Å². The highest BCUT2D eigenvalue weighted by Crippen LogP contribution is 2.33. The largest absolute Gasteiger partial charge is 0.340 e. The average molecular weight is 313 g/mol. The molecule has 3 aromatic carbocycles. The maximum Gasteiger partial charge on any atom is 0.0992 e. The fourth-order valence-corrected chi connectivity index (χ4v) is 3.39. The van der Waals surface area contributed by atoms with E-state index in [1.165, 1.54) is 22.0 Å². The summed E-state index contributed by atoms with van der Waals surface area (Å²) >= 11 is 0. The number of nitrogens with zero attached hydrogens (tertiary/aromatic N) is 3. The lowest BCUT2D eigenvalue weighted by molar-refractivity contribution is 0.343. The van der Waals surface area contributed by atoms with Gasteiger partial charge in [-0.3, -0.25) is 0 Å². The van der Waals surface area contributed by atoms with Gasteiger partial charge in [0.1, 0.15) is 0 Å². The smallest absolute Gasteiger partial charge is 0.0992 e. The van der Waals surface area contributed by atoms with E-state index < -0.39 is 0 Å². The molecule has 0 fully saturated rings. The number of anilines is 2. The summed E-state index contributed by atoms with van der Waals surface area (Å²) in [6.45, 7) is 2.81. The van der Waals surface area contributed by atoms with Gasteiger partial charge in [-0.15, -0.1) is 0 Å². The normalized spacial score (nSPS) is 14.9. The minimum atomic E-state index is 0.712. The van der Waals surface area contributed by atoms with Crippen molar-refractivity contribution in [3.63, 3.8) is 0 Å². The van der Waals surface area contributed by atoms with E-state index in [9.17, 15) is 5.26 Å². The lowest BCUT2D eigenvalue weighted by atomic mass is 10.1. The van der Waals surface area contributed by atoms with E-state index >= 15 is 0 Å². The van der Waals surface area contributed by atoms with E-state index in [2.05, 4.69) is 71.4 Å². The van der Waals surface area contributed by atoms with Crippen LogP contribution in [0.5, 0.6) is 0 Å². The molecule has 3 heteroatoms. The standard InChI is InChI=1S/C21H19N3/c1-23-10-11-24(21-12-16(14-22)6-7-19(21)15-23)20-9-8-17-4-2-3-5-18(17)13-20/h2-9,12-13H,10-11,15H2,1H3. The summed E-state index contributed by atoms with van der Waals surface area (Å²) in [6.07, 6.45) is 0. The Morgan fingerprint density at radius 2 is 1.75 bits per heavy atom. The highest BCUT2D eigenvalue weighted by Gasteiger charge is 2.20. The Morgan fingerprint density at radius 1 is 0.917 bits per heavy atom. The minimum Gasteiger partial charge on any atom is -0.340 e. The molecule has 0 aromatic heterocycles. The van der Waals surface area contributed by atoms with Gasteiger partial charge in [0.15, 0.2) is 0 Å². The molecular weight excluding hydrogens is 294 g/mol. The second kappa shape index (κ2) is 5.99. The maximum absolute atomic E-state index is 9.28. The Hall–Kier alpha value is -2.83. The van der Waals surface area contributed by atoms with Crippen LogP contribution in [0.4, 0.5) is 11.4 Å². The number of likely N-dealkylation sites (N-methyl/N-ethyl adjacent to an activating group) is 1. The third-order valence-corrected chi connectivity index (χ3v) is 4.70. The molecular formula is C21H19N3. The molecule has 0 radical (unpaired) electrons. The first-order valence-electron chi connectivity index (χ1n) is 8.22. The Labute approximate surface area is 142 Å². The molecule has 0 bridgehead atoms. The molecule has 1 heterocycles. The van der Waals surface area contributed by atoms with Crippen LogP contribution in [0, 0.1) is 11.3 Å². The molecule has 3 aromatic rings. The molecule has 1 aliphatic heterocycles. The average Bonchev–Trinajstić information content (AvgIpc) is 2.79. The lowest BCUT2D eigenvalue weighted by Gasteiger charge is -2.25. The number of fused-ring (bicyclic) bond motifs is 2. The summed E-state index contributed by atoms with van der Waals surface area (Å²) in [5, 5.41) is 11.8. The molecule has 0 amide bonds. The minimum absolute atomic E-state index is 0.712. The van der Waals surface area contributed by atoms with Crippen LogP contribution in [0.2, 0.25) is 0 Å². The van der Waals surface area contributed by atoms with Crippen molar-refractivity contribution in [3.05, 3.63) is 71.8 Å². The van der Waals surface area contributed by atoms with Gasteiger partial charge in [-0.2, -0.15) is 5.26 Å². The van der Waals surface area contributed by atoms with Crippen molar-refractivity contribution in [2.45, 2.75) is 6.54 Å². The fraction of sp³-hybridized carbons (Fsp3) is 0.190. The van der Waals surface area contributed by atoms with E-state index in [0.29, 0.717) is 5.56 Å². The Kier molecular flexibility index (Phi) is 3.68. The number of hydrogen-bond acceptors (Lipinski definition) is 3. The molecule has 0 atom stereocenters. The van der Waals surface area contributed by atoms with Gasteiger partial charge in [0.05, 0.1) is 11.6 Å². The molecule has 24 heavy (non-hydrogen) atoms. The van der Waals surface area contributed by atoms with Gasteiger partial charge in [-0.25, -0.2) is 0 Å². The number of nitriles is 1. The van der Waals surface area contributed by atoms with Crippen molar-refractivity contribution in [2.75, 3.05) is 25.0 Å². The van der Waals surface area contributed by atoms with Gasteiger partial charge < -0.3 is 9.80 Å². The number of hydrogen-bond donors (Lipinski definition) is 0. The maximum atomic E-state index is 9.28. The monoisotopic (exact) mass is 313 g/mol. The van der Waals surface area contributed by atoms with Gasteiger partial charge in [0.25, 0.3) is 0 Å². The van der Waals surface area contributed by atoms with Crippen molar-refractivity contribution in [1.29, 1.82) is 5.26 Å². The summed E-state index contributed by atoms with van der Waals surface area (Å²) in [5.41, 5.74) is 4.31. The summed E-state index contributed by atoms with van der Waals surface area (Å²) < 4.78 is 0.